The van der Waals surface area contributed by atoms with Gasteiger partial charge in [-0.05, 0) is 19.2 Å². The summed E-state index contributed by atoms with van der Waals surface area (Å²) in [4.78, 5) is 20.0. The number of alkyl halides is 1. The number of halogens is 1. The van der Waals surface area contributed by atoms with Crippen LogP contribution in [0.4, 0.5) is 11.5 Å². The molecule has 0 aliphatic carbocycles. The molecule has 1 saturated heterocycles. The van der Waals surface area contributed by atoms with Crippen molar-refractivity contribution in [2.75, 3.05) is 49.3 Å². The van der Waals surface area contributed by atoms with E-state index in [0.29, 0.717) is 5.69 Å². The van der Waals surface area contributed by atoms with Gasteiger partial charge in [-0.15, -0.1) is 11.6 Å². The van der Waals surface area contributed by atoms with E-state index in [2.05, 4.69) is 27.1 Å². The highest BCUT2D eigenvalue weighted by atomic mass is 35.5. The number of carbonyl (C=O) groups excluding carboxylic acids is 1. The Hall–Kier alpha value is -1.33. The molecule has 0 saturated carbocycles. The Bertz CT molecular complexity index is 401. The van der Waals surface area contributed by atoms with Crippen molar-refractivity contribution in [3.8, 4) is 0 Å². The molecular formula is C12H17ClN4O. The lowest BCUT2D eigenvalue weighted by molar-refractivity contribution is -0.113. The number of pyridine rings is 1. The average molecular weight is 269 g/mol. The number of anilines is 2. The molecule has 18 heavy (non-hydrogen) atoms. The van der Waals surface area contributed by atoms with E-state index in [9.17, 15) is 4.79 Å². The summed E-state index contributed by atoms with van der Waals surface area (Å²) in [6.45, 7) is 4.06. The van der Waals surface area contributed by atoms with E-state index in [1.165, 1.54) is 0 Å². The van der Waals surface area contributed by atoms with Crippen LogP contribution in [0.5, 0.6) is 0 Å². The number of rotatable bonds is 3. The lowest BCUT2D eigenvalue weighted by atomic mass is 10.3. The number of hydrogen-bond donors (Lipinski definition) is 1. The summed E-state index contributed by atoms with van der Waals surface area (Å²) in [6, 6.07) is 3.78. The largest absolute Gasteiger partial charge is 0.354 e. The third kappa shape index (κ3) is 3.34. The molecule has 0 atom stereocenters. The molecule has 0 bridgehead atoms. The van der Waals surface area contributed by atoms with Gasteiger partial charge in [0.1, 0.15) is 11.7 Å². The van der Waals surface area contributed by atoms with E-state index >= 15 is 0 Å². The van der Waals surface area contributed by atoms with E-state index in [-0.39, 0.29) is 11.8 Å². The second-order valence-electron chi connectivity index (χ2n) is 4.38. The maximum atomic E-state index is 11.1. The molecule has 1 aromatic heterocycles. The van der Waals surface area contributed by atoms with Crippen molar-refractivity contribution in [1.29, 1.82) is 0 Å². The second-order valence-corrected chi connectivity index (χ2v) is 4.64. The summed E-state index contributed by atoms with van der Waals surface area (Å²) in [6.07, 6.45) is 1.66. The molecule has 1 aliphatic heterocycles. The summed E-state index contributed by atoms with van der Waals surface area (Å²) in [5.74, 6) is 0.693. The molecule has 0 radical (unpaired) electrons. The van der Waals surface area contributed by atoms with Gasteiger partial charge in [-0.2, -0.15) is 0 Å². The topological polar surface area (TPSA) is 48.5 Å². The van der Waals surface area contributed by atoms with Gasteiger partial charge in [-0.25, -0.2) is 4.98 Å². The smallest absolute Gasteiger partial charge is 0.239 e. The molecule has 1 N–H and O–H groups in total. The molecule has 0 unspecified atom stereocenters. The first kappa shape index (κ1) is 13.1. The maximum absolute atomic E-state index is 11.1. The van der Waals surface area contributed by atoms with Crippen LogP contribution in [-0.2, 0) is 4.79 Å². The number of carbonyl (C=O) groups is 1. The number of nitrogens with one attached hydrogen (secondary N) is 1. The predicted molar refractivity (Wildman–Crippen MR) is 73.3 cm³/mol. The fraction of sp³-hybridized carbons (Fsp3) is 0.500. The molecule has 1 aromatic rings. The van der Waals surface area contributed by atoms with Gasteiger partial charge in [0.25, 0.3) is 0 Å². The number of aromatic nitrogens is 1. The molecule has 0 spiro atoms. The van der Waals surface area contributed by atoms with Gasteiger partial charge in [0.15, 0.2) is 0 Å². The third-order valence-corrected chi connectivity index (χ3v) is 3.22. The Morgan fingerprint density at radius 1 is 1.39 bits per heavy atom. The predicted octanol–water partition coefficient (Wildman–Crippen LogP) is 1.01. The number of nitrogens with zero attached hydrogens (tertiary/aromatic N) is 3. The van der Waals surface area contributed by atoms with Gasteiger partial charge in [0, 0.05) is 26.2 Å². The van der Waals surface area contributed by atoms with Crippen molar-refractivity contribution in [1.82, 2.24) is 9.88 Å². The van der Waals surface area contributed by atoms with Crippen LogP contribution in [0.1, 0.15) is 0 Å². The molecule has 1 amide bonds. The SMILES string of the molecule is CN1CCN(c2ccc(NC(=O)CCl)cn2)CC1. The van der Waals surface area contributed by atoms with E-state index in [1.54, 1.807) is 6.20 Å². The van der Waals surface area contributed by atoms with Gasteiger partial charge in [0.2, 0.25) is 5.91 Å². The highest BCUT2D eigenvalue weighted by molar-refractivity contribution is 6.29. The minimum Gasteiger partial charge on any atom is -0.354 e. The summed E-state index contributed by atoms with van der Waals surface area (Å²) in [7, 11) is 2.12. The highest BCUT2D eigenvalue weighted by Crippen LogP contribution is 2.15. The van der Waals surface area contributed by atoms with Crippen LogP contribution in [0.3, 0.4) is 0 Å². The Morgan fingerprint density at radius 2 is 2.11 bits per heavy atom. The number of hydrogen-bond acceptors (Lipinski definition) is 4. The molecule has 98 valence electrons. The van der Waals surface area contributed by atoms with Crippen LogP contribution < -0.4 is 10.2 Å². The standard InChI is InChI=1S/C12H17ClN4O/c1-16-4-6-17(7-5-16)11-3-2-10(9-14-11)15-12(18)8-13/h2-3,9H,4-8H2,1H3,(H,15,18). The van der Waals surface area contributed by atoms with Gasteiger partial charge >= 0.3 is 0 Å². The third-order valence-electron chi connectivity index (χ3n) is 2.98. The first-order valence-electron chi connectivity index (χ1n) is 5.94. The van der Waals surface area contributed by atoms with Crippen molar-refractivity contribution < 1.29 is 4.79 Å². The van der Waals surface area contributed by atoms with Crippen molar-refractivity contribution >= 4 is 29.0 Å². The van der Waals surface area contributed by atoms with E-state index in [1.807, 2.05) is 12.1 Å². The van der Waals surface area contributed by atoms with Gasteiger partial charge in [-0.3, -0.25) is 4.79 Å². The normalized spacial score (nSPS) is 16.7. The summed E-state index contributed by atoms with van der Waals surface area (Å²) < 4.78 is 0. The van der Waals surface area contributed by atoms with E-state index < -0.39 is 0 Å². The average Bonchev–Trinajstić information content (AvgIpc) is 2.40. The lowest BCUT2D eigenvalue weighted by Crippen LogP contribution is -2.44. The maximum Gasteiger partial charge on any atom is 0.239 e. The first-order valence-corrected chi connectivity index (χ1v) is 6.48. The molecule has 5 nitrogen and oxygen atoms in total. The van der Waals surface area contributed by atoms with Crippen LogP contribution in [0.25, 0.3) is 0 Å². The molecule has 6 heteroatoms. The van der Waals surface area contributed by atoms with Crippen molar-refractivity contribution in [2.24, 2.45) is 0 Å². The second kappa shape index (κ2) is 6.02. The fourth-order valence-electron chi connectivity index (χ4n) is 1.88. The molecule has 2 rings (SSSR count). The van der Waals surface area contributed by atoms with Crippen LogP contribution in [0.15, 0.2) is 18.3 Å². The zero-order valence-electron chi connectivity index (χ0n) is 10.4. The van der Waals surface area contributed by atoms with Crippen molar-refractivity contribution in [3.63, 3.8) is 0 Å². The zero-order chi connectivity index (χ0) is 13.0. The molecule has 1 aliphatic rings. The minimum atomic E-state index is -0.217. The Balaban J connectivity index is 1.97. The summed E-state index contributed by atoms with van der Waals surface area (Å²) in [5.41, 5.74) is 0.679. The molecule has 1 fully saturated rings. The summed E-state index contributed by atoms with van der Waals surface area (Å²) in [5, 5.41) is 2.67. The number of amides is 1. The van der Waals surface area contributed by atoms with Crippen molar-refractivity contribution in [2.45, 2.75) is 0 Å². The Morgan fingerprint density at radius 3 is 2.67 bits per heavy atom. The van der Waals surface area contributed by atoms with Gasteiger partial charge in [0.05, 0.1) is 11.9 Å². The van der Waals surface area contributed by atoms with Gasteiger partial charge in [-0.1, -0.05) is 0 Å². The van der Waals surface area contributed by atoms with Crippen LogP contribution >= 0.6 is 11.6 Å². The molecule has 0 aromatic carbocycles. The van der Waals surface area contributed by atoms with E-state index in [0.717, 1.165) is 32.0 Å². The van der Waals surface area contributed by atoms with Crippen LogP contribution in [-0.4, -0.2) is 54.9 Å². The zero-order valence-corrected chi connectivity index (χ0v) is 11.2. The lowest BCUT2D eigenvalue weighted by Gasteiger charge is -2.33. The summed E-state index contributed by atoms with van der Waals surface area (Å²) >= 11 is 5.42. The number of likely N-dealkylation sites (N-methyl/N-ethyl adjacent to an activating group) is 1. The first-order chi connectivity index (χ1) is 8.69. The quantitative estimate of drug-likeness (QED) is 0.832. The molecule has 2 heterocycles. The van der Waals surface area contributed by atoms with E-state index in [4.69, 9.17) is 11.6 Å². The monoisotopic (exact) mass is 268 g/mol. The minimum absolute atomic E-state index is 0.0415. The highest BCUT2D eigenvalue weighted by Gasteiger charge is 2.14. The van der Waals surface area contributed by atoms with Crippen LogP contribution in [0.2, 0.25) is 0 Å². The van der Waals surface area contributed by atoms with Gasteiger partial charge < -0.3 is 15.1 Å². The molecular weight excluding hydrogens is 252 g/mol. The van der Waals surface area contributed by atoms with Crippen LogP contribution in [0, 0.1) is 0 Å². The van der Waals surface area contributed by atoms with Crippen molar-refractivity contribution in [3.05, 3.63) is 18.3 Å². The Kier molecular flexibility index (Phi) is 4.38. The Labute approximate surface area is 112 Å². The fourth-order valence-corrected chi connectivity index (χ4v) is 1.94. The number of piperazine rings is 1.